The number of rotatable bonds is 5. The molecule has 0 radical (unpaired) electrons. The Morgan fingerprint density at radius 2 is 2.21 bits per heavy atom. The highest BCUT2D eigenvalue weighted by molar-refractivity contribution is 6.01. The van der Waals surface area contributed by atoms with E-state index in [-0.39, 0.29) is 24.7 Å². The number of amides is 1. The lowest BCUT2D eigenvalue weighted by Gasteiger charge is -2.09. The summed E-state index contributed by atoms with van der Waals surface area (Å²) in [7, 11) is 0. The summed E-state index contributed by atoms with van der Waals surface area (Å²) in [5.74, 6) is 0.434. The molecule has 0 spiro atoms. The molecule has 4 N–H and O–H groups in total. The third-order valence-corrected chi connectivity index (χ3v) is 3.78. The average molecular weight is 410 g/mol. The van der Waals surface area contributed by atoms with Gasteiger partial charge in [0.15, 0.2) is 12.4 Å². The number of aliphatic imine (C=N–C) groups is 2. The molecule has 9 nitrogen and oxygen atoms in total. The second-order valence-corrected chi connectivity index (χ2v) is 5.94. The summed E-state index contributed by atoms with van der Waals surface area (Å²) in [4.78, 5) is 22.4. The van der Waals surface area contributed by atoms with E-state index in [1.165, 1.54) is 6.20 Å². The summed E-state index contributed by atoms with van der Waals surface area (Å²) in [6, 6.07) is 4.85. The van der Waals surface area contributed by atoms with E-state index in [0.29, 0.717) is 29.4 Å². The number of carbonyl (C=O) groups excluding carboxylic acids is 1. The Morgan fingerprint density at radius 1 is 1.41 bits per heavy atom. The van der Waals surface area contributed by atoms with Crippen molar-refractivity contribution >= 4 is 18.1 Å². The van der Waals surface area contributed by atoms with Crippen LogP contribution < -0.4 is 20.9 Å². The first-order valence-corrected chi connectivity index (χ1v) is 8.38. The molecule has 0 fully saturated rings. The second-order valence-electron chi connectivity index (χ2n) is 5.94. The van der Waals surface area contributed by atoms with Gasteiger partial charge in [0, 0.05) is 12.3 Å². The van der Waals surface area contributed by atoms with Crippen LogP contribution in [0.1, 0.15) is 5.69 Å². The summed E-state index contributed by atoms with van der Waals surface area (Å²) < 4.78 is 50.3. The Balaban J connectivity index is 1.96. The van der Waals surface area contributed by atoms with Crippen molar-refractivity contribution in [2.75, 3.05) is 19.8 Å². The number of nitrogens with zero attached hydrogens (tertiary/aromatic N) is 4. The van der Waals surface area contributed by atoms with Crippen molar-refractivity contribution in [2.45, 2.75) is 12.7 Å². The lowest BCUT2D eigenvalue weighted by Crippen LogP contribution is -2.20. The van der Waals surface area contributed by atoms with E-state index in [9.17, 15) is 18.0 Å². The molecule has 0 atom stereocenters. The van der Waals surface area contributed by atoms with Crippen molar-refractivity contribution in [1.29, 1.82) is 0 Å². The topological polar surface area (TPSA) is 130 Å². The maximum Gasteiger partial charge on any atom is 0.408 e. The number of aromatic nitrogens is 2. The summed E-state index contributed by atoms with van der Waals surface area (Å²) in [5.41, 5.74) is 11.0. The number of nitrogens with two attached hydrogens (primary N) is 2. The van der Waals surface area contributed by atoms with Gasteiger partial charge in [-0.1, -0.05) is 0 Å². The van der Waals surface area contributed by atoms with Crippen molar-refractivity contribution in [3.8, 4) is 22.9 Å². The highest BCUT2D eigenvalue weighted by Crippen LogP contribution is 2.35. The molecule has 12 heteroatoms. The molecule has 0 unspecified atom stereocenters. The minimum Gasteiger partial charge on any atom is -0.491 e. The van der Waals surface area contributed by atoms with Crippen molar-refractivity contribution < 1.29 is 27.4 Å². The van der Waals surface area contributed by atoms with Crippen molar-refractivity contribution in [1.82, 2.24) is 9.55 Å². The molecule has 2 heterocycles. The van der Waals surface area contributed by atoms with Crippen molar-refractivity contribution in [3.05, 3.63) is 30.1 Å². The molecule has 0 aliphatic carbocycles. The SMILES string of the molecule is NC=NC(=NCC(F)(F)F)c1cn2c(n1)-c1ccc(OCC(N)=O)cc1OCC2. The third kappa shape index (κ3) is 5.03. The minimum absolute atomic E-state index is 0.146. The van der Waals surface area contributed by atoms with Gasteiger partial charge < -0.3 is 25.5 Å². The van der Waals surface area contributed by atoms with E-state index in [0.717, 1.165) is 6.34 Å². The van der Waals surface area contributed by atoms with E-state index in [1.54, 1.807) is 22.8 Å². The molecule has 1 aromatic carbocycles. The summed E-state index contributed by atoms with van der Waals surface area (Å²) in [6.07, 6.45) is -2.08. The summed E-state index contributed by atoms with van der Waals surface area (Å²) >= 11 is 0. The summed E-state index contributed by atoms with van der Waals surface area (Å²) in [5, 5.41) is 0. The first kappa shape index (κ1) is 20.2. The minimum atomic E-state index is -4.48. The van der Waals surface area contributed by atoms with Gasteiger partial charge in [-0.25, -0.2) is 9.98 Å². The zero-order chi connectivity index (χ0) is 21.0. The smallest absolute Gasteiger partial charge is 0.408 e. The Morgan fingerprint density at radius 3 is 2.90 bits per heavy atom. The molecule has 3 rings (SSSR count). The number of imidazole rings is 1. The number of primary amides is 1. The standard InChI is InChI=1S/C17H17F3N6O3/c18-17(19,20)8-23-15(24-9-21)12-6-26-3-4-28-13-5-10(29-7-14(22)27)1-2-11(13)16(26)25-12/h1-2,5-6,9H,3-4,7-8H2,(H2,22,27)(H2,21,23,24). The van der Waals surface area contributed by atoms with Gasteiger partial charge in [0.05, 0.1) is 18.4 Å². The fourth-order valence-electron chi connectivity index (χ4n) is 2.64. The van der Waals surface area contributed by atoms with Crippen LogP contribution in [0.3, 0.4) is 0 Å². The van der Waals surface area contributed by atoms with Gasteiger partial charge in [-0.05, 0) is 12.1 Å². The lowest BCUT2D eigenvalue weighted by molar-refractivity contribution is -0.120. The Bertz CT molecular complexity index is 968. The number of alkyl halides is 3. The van der Waals surface area contributed by atoms with Crippen LogP contribution in [0.5, 0.6) is 11.5 Å². The number of ether oxygens (including phenoxy) is 2. The molecule has 0 saturated carbocycles. The van der Waals surface area contributed by atoms with Crippen LogP contribution in [0.2, 0.25) is 0 Å². The van der Waals surface area contributed by atoms with Gasteiger partial charge in [-0.2, -0.15) is 13.2 Å². The molecule has 0 saturated heterocycles. The highest BCUT2D eigenvalue weighted by atomic mass is 19.4. The van der Waals surface area contributed by atoms with E-state index in [2.05, 4.69) is 15.0 Å². The molecule has 2 aromatic rings. The maximum atomic E-state index is 12.5. The average Bonchev–Trinajstić information content (AvgIpc) is 2.99. The van der Waals surface area contributed by atoms with E-state index < -0.39 is 18.6 Å². The molecular formula is C17H17F3N6O3. The van der Waals surface area contributed by atoms with Gasteiger partial charge in [0.1, 0.15) is 36.2 Å². The van der Waals surface area contributed by atoms with E-state index in [4.69, 9.17) is 20.9 Å². The number of hydrogen-bond acceptors (Lipinski definition) is 5. The first-order chi connectivity index (χ1) is 13.8. The molecule has 0 bridgehead atoms. The highest BCUT2D eigenvalue weighted by Gasteiger charge is 2.27. The van der Waals surface area contributed by atoms with Gasteiger partial charge >= 0.3 is 6.18 Å². The van der Waals surface area contributed by atoms with Crippen LogP contribution >= 0.6 is 0 Å². The molecule has 29 heavy (non-hydrogen) atoms. The molecule has 154 valence electrons. The lowest BCUT2D eigenvalue weighted by atomic mass is 10.2. The van der Waals surface area contributed by atoms with Crippen LogP contribution in [-0.2, 0) is 11.3 Å². The van der Waals surface area contributed by atoms with E-state index >= 15 is 0 Å². The predicted molar refractivity (Wildman–Crippen MR) is 98.0 cm³/mol. The van der Waals surface area contributed by atoms with Crippen LogP contribution in [0.25, 0.3) is 11.4 Å². The Kier molecular flexibility index (Phi) is 5.71. The number of hydrogen-bond donors (Lipinski definition) is 2. The van der Waals surface area contributed by atoms with Crippen LogP contribution in [0.4, 0.5) is 13.2 Å². The van der Waals surface area contributed by atoms with Gasteiger partial charge in [-0.15, -0.1) is 0 Å². The molecule has 1 amide bonds. The van der Waals surface area contributed by atoms with Gasteiger partial charge in [0.25, 0.3) is 5.91 Å². The quantitative estimate of drug-likeness (QED) is 0.563. The molecule has 1 aliphatic rings. The fourth-order valence-corrected chi connectivity index (χ4v) is 2.64. The number of carbonyl (C=O) groups is 1. The molecule has 1 aromatic heterocycles. The van der Waals surface area contributed by atoms with Crippen LogP contribution in [-0.4, -0.2) is 53.6 Å². The normalized spacial score (nSPS) is 14.1. The predicted octanol–water partition coefficient (Wildman–Crippen LogP) is 1.10. The van der Waals surface area contributed by atoms with Crippen LogP contribution in [0.15, 0.2) is 34.4 Å². The third-order valence-electron chi connectivity index (χ3n) is 3.78. The number of amidine groups is 1. The zero-order valence-electron chi connectivity index (χ0n) is 15.0. The van der Waals surface area contributed by atoms with Gasteiger partial charge in [0.2, 0.25) is 0 Å². The Hall–Kier alpha value is -3.57. The van der Waals surface area contributed by atoms with Crippen molar-refractivity contribution in [3.63, 3.8) is 0 Å². The number of benzene rings is 1. The number of halogens is 3. The van der Waals surface area contributed by atoms with Crippen molar-refractivity contribution in [2.24, 2.45) is 21.5 Å². The largest absolute Gasteiger partial charge is 0.491 e. The Labute approximate surface area is 162 Å². The first-order valence-electron chi connectivity index (χ1n) is 8.38. The maximum absolute atomic E-state index is 12.5. The summed E-state index contributed by atoms with van der Waals surface area (Å²) in [6.45, 7) is -1.01. The molecular weight excluding hydrogens is 393 g/mol. The van der Waals surface area contributed by atoms with E-state index in [1.807, 2.05) is 0 Å². The zero-order valence-corrected chi connectivity index (χ0v) is 15.0. The van der Waals surface area contributed by atoms with Crippen LogP contribution in [0, 0.1) is 0 Å². The second kappa shape index (κ2) is 8.20. The fraction of sp³-hybridized carbons (Fsp3) is 0.294. The molecule has 1 aliphatic heterocycles. The van der Waals surface area contributed by atoms with Gasteiger partial charge in [-0.3, -0.25) is 9.79 Å². The number of fused-ring (bicyclic) bond motifs is 3. The monoisotopic (exact) mass is 410 g/mol.